The largest absolute Gasteiger partial charge is 0.465 e. The average molecular weight is 305 g/mol. The standard InChI is InChI=1S/C15H19N3O2S/c16-10-5-9-8-21-4-3-18-13-1-2-17(15(19)20)7-12(13)11(6-10)14(9)18/h5-6,12-13H,1-4,7-8,16H2,(H,19,20)/t12-,13-/m0/s1. The van der Waals surface area contributed by atoms with Gasteiger partial charge < -0.3 is 20.6 Å². The summed E-state index contributed by atoms with van der Waals surface area (Å²) in [6, 6.07) is 4.60. The summed E-state index contributed by atoms with van der Waals surface area (Å²) in [6.45, 7) is 2.29. The summed E-state index contributed by atoms with van der Waals surface area (Å²) in [4.78, 5) is 15.4. The van der Waals surface area contributed by atoms with Gasteiger partial charge in [0.1, 0.15) is 0 Å². The van der Waals surface area contributed by atoms with Crippen LogP contribution in [0.4, 0.5) is 16.2 Å². The fraction of sp³-hybridized carbons (Fsp3) is 0.533. The van der Waals surface area contributed by atoms with Crippen LogP contribution in [0.2, 0.25) is 0 Å². The van der Waals surface area contributed by atoms with E-state index < -0.39 is 6.09 Å². The highest BCUT2D eigenvalue weighted by Crippen LogP contribution is 2.49. The lowest BCUT2D eigenvalue weighted by Crippen LogP contribution is -2.48. The minimum Gasteiger partial charge on any atom is -0.465 e. The Bertz CT molecular complexity index is 607. The molecule has 3 heterocycles. The molecule has 1 aromatic carbocycles. The molecule has 0 spiro atoms. The number of piperidine rings is 1. The smallest absolute Gasteiger partial charge is 0.407 e. The van der Waals surface area contributed by atoms with Gasteiger partial charge in [0.2, 0.25) is 0 Å². The number of anilines is 2. The number of benzene rings is 1. The van der Waals surface area contributed by atoms with Gasteiger partial charge in [0.05, 0.1) is 0 Å². The van der Waals surface area contributed by atoms with Crippen LogP contribution in [0.5, 0.6) is 0 Å². The highest BCUT2D eigenvalue weighted by Gasteiger charge is 2.44. The topological polar surface area (TPSA) is 69.8 Å². The molecule has 5 nitrogen and oxygen atoms in total. The highest BCUT2D eigenvalue weighted by atomic mass is 32.2. The molecule has 3 N–H and O–H groups in total. The molecule has 0 saturated carbocycles. The van der Waals surface area contributed by atoms with Crippen molar-refractivity contribution in [3.63, 3.8) is 0 Å². The average Bonchev–Trinajstić information content (AvgIpc) is 2.62. The van der Waals surface area contributed by atoms with E-state index in [1.54, 1.807) is 4.90 Å². The summed E-state index contributed by atoms with van der Waals surface area (Å²) in [5.74, 6) is 2.40. The molecule has 4 rings (SSSR count). The van der Waals surface area contributed by atoms with Crippen LogP contribution in [-0.2, 0) is 5.75 Å². The normalized spacial score (nSPS) is 27.0. The number of nitrogens with two attached hydrogens (primary N) is 1. The van der Waals surface area contributed by atoms with Gasteiger partial charge in [0.25, 0.3) is 0 Å². The third-order valence-electron chi connectivity index (χ3n) is 4.91. The molecule has 1 amide bonds. The number of nitrogens with zero attached hydrogens (tertiary/aromatic N) is 2. The zero-order valence-corrected chi connectivity index (χ0v) is 12.6. The van der Waals surface area contributed by atoms with Crippen molar-refractivity contribution in [3.05, 3.63) is 23.3 Å². The van der Waals surface area contributed by atoms with E-state index >= 15 is 0 Å². The lowest BCUT2D eigenvalue weighted by Gasteiger charge is -2.37. The molecule has 21 heavy (non-hydrogen) atoms. The molecule has 3 aliphatic rings. The number of nitrogen functional groups attached to an aromatic ring is 1. The molecule has 1 aromatic rings. The summed E-state index contributed by atoms with van der Waals surface area (Å²) in [5, 5.41) is 9.28. The van der Waals surface area contributed by atoms with Gasteiger partial charge in [0, 0.05) is 54.5 Å². The summed E-state index contributed by atoms with van der Waals surface area (Å²) >= 11 is 1.96. The third-order valence-corrected chi connectivity index (χ3v) is 5.90. The fourth-order valence-electron chi connectivity index (χ4n) is 4.07. The van der Waals surface area contributed by atoms with Crippen molar-refractivity contribution in [1.29, 1.82) is 0 Å². The number of amides is 1. The molecule has 1 fully saturated rings. The number of fused-ring (bicyclic) bond motifs is 3. The maximum atomic E-state index is 11.3. The first-order chi connectivity index (χ1) is 10.1. The molecular formula is C15H19N3O2S. The van der Waals surface area contributed by atoms with Gasteiger partial charge >= 0.3 is 6.09 Å². The van der Waals surface area contributed by atoms with Crippen LogP contribution in [0.25, 0.3) is 0 Å². The first kappa shape index (κ1) is 13.1. The quantitative estimate of drug-likeness (QED) is 0.719. The second-order valence-electron chi connectivity index (χ2n) is 6.05. The Morgan fingerprint density at radius 3 is 3.05 bits per heavy atom. The summed E-state index contributed by atoms with van der Waals surface area (Å²) in [7, 11) is 0. The Labute approximate surface area is 128 Å². The Kier molecular flexibility index (Phi) is 2.96. The lowest BCUT2D eigenvalue weighted by molar-refractivity contribution is 0.127. The molecular weight excluding hydrogens is 286 g/mol. The lowest BCUT2D eigenvalue weighted by atomic mass is 9.88. The molecule has 1 saturated heterocycles. The van der Waals surface area contributed by atoms with Gasteiger partial charge in [-0.1, -0.05) is 0 Å². The van der Waals surface area contributed by atoms with Crippen molar-refractivity contribution in [2.75, 3.05) is 36.0 Å². The summed E-state index contributed by atoms with van der Waals surface area (Å²) in [5.41, 5.74) is 10.8. The van der Waals surface area contributed by atoms with Crippen molar-refractivity contribution in [2.45, 2.75) is 24.1 Å². The fourth-order valence-corrected chi connectivity index (χ4v) is 4.98. The van der Waals surface area contributed by atoms with Crippen LogP contribution in [0.1, 0.15) is 23.5 Å². The molecule has 0 bridgehead atoms. The van der Waals surface area contributed by atoms with E-state index in [0.717, 1.165) is 30.2 Å². The molecule has 2 atom stereocenters. The van der Waals surface area contributed by atoms with E-state index in [2.05, 4.69) is 17.0 Å². The Morgan fingerprint density at radius 2 is 2.24 bits per heavy atom. The third kappa shape index (κ3) is 1.96. The van der Waals surface area contributed by atoms with Crippen LogP contribution in [0.15, 0.2) is 12.1 Å². The molecule has 0 aliphatic carbocycles. The van der Waals surface area contributed by atoms with Gasteiger partial charge in [-0.25, -0.2) is 4.79 Å². The molecule has 0 aromatic heterocycles. The zero-order chi connectivity index (χ0) is 14.6. The molecule has 3 aliphatic heterocycles. The Balaban J connectivity index is 1.80. The van der Waals surface area contributed by atoms with E-state index in [-0.39, 0.29) is 5.92 Å². The SMILES string of the molecule is Nc1cc2c3c(c1)[C@@H]1CN(C(=O)O)CC[C@@H]1N3CCSC2. The van der Waals surface area contributed by atoms with Gasteiger partial charge in [-0.2, -0.15) is 11.8 Å². The minimum absolute atomic E-state index is 0.273. The molecule has 0 unspecified atom stereocenters. The van der Waals surface area contributed by atoms with Crippen molar-refractivity contribution in [3.8, 4) is 0 Å². The number of hydrogen-bond donors (Lipinski definition) is 2. The van der Waals surface area contributed by atoms with Crippen LogP contribution in [0, 0.1) is 0 Å². The first-order valence-electron chi connectivity index (χ1n) is 7.39. The highest BCUT2D eigenvalue weighted by molar-refractivity contribution is 7.98. The predicted molar refractivity (Wildman–Crippen MR) is 85.1 cm³/mol. The summed E-state index contributed by atoms with van der Waals surface area (Å²) in [6.07, 6.45) is 0.107. The van der Waals surface area contributed by atoms with Gasteiger partial charge in [-0.15, -0.1) is 0 Å². The van der Waals surface area contributed by atoms with Gasteiger partial charge in [-0.3, -0.25) is 0 Å². The number of carboxylic acid groups (broad SMARTS) is 1. The van der Waals surface area contributed by atoms with Crippen molar-refractivity contribution in [2.24, 2.45) is 0 Å². The number of thioether (sulfide) groups is 1. The maximum absolute atomic E-state index is 11.3. The van der Waals surface area contributed by atoms with Crippen LogP contribution >= 0.6 is 11.8 Å². The van der Waals surface area contributed by atoms with Crippen molar-refractivity contribution < 1.29 is 9.90 Å². The molecule has 112 valence electrons. The van der Waals surface area contributed by atoms with Crippen LogP contribution in [0.3, 0.4) is 0 Å². The van der Waals surface area contributed by atoms with Crippen molar-refractivity contribution in [1.82, 2.24) is 4.90 Å². The maximum Gasteiger partial charge on any atom is 0.407 e. The van der Waals surface area contributed by atoms with Gasteiger partial charge in [0.15, 0.2) is 0 Å². The summed E-state index contributed by atoms with van der Waals surface area (Å²) < 4.78 is 0. The van der Waals surface area contributed by atoms with Crippen LogP contribution in [-0.4, -0.2) is 47.5 Å². The van der Waals surface area contributed by atoms with E-state index in [0.29, 0.717) is 19.1 Å². The number of likely N-dealkylation sites (tertiary alicyclic amines) is 1. The zero-order valence-electron chi connectivity index (χ0n) is 11.8. The number of rotatable bonds is 0. The molecule has 6 heteroatoms. The second-order valence-corrected chi connectivity index (χ2v) is 7.16. The van der Waals surface area contributed by atoms with Crippen LogP contribution < -0.4 is 10.6 Å². The first-order valence-corrected chi connectivity index (χ1v) is 8.55. The monoisotopic (exact) mass is 305 g/mol. The second kappa shape index (κ2) is 4.73. The molecule has 0 radical (unpaired) electrons. The van der Waals surface area contributed by atoms with Gasteiger partial charge in [-0.05, 0) is 29.7 Å². The van der Waals surface area contributed by atoms with Crippen molar-refractivity contribution >= 4 is 29.2 Å². The van der Waals surface area contributed by atoms with E-state index in [4.69, 9.17) is 5.73 Å². The minimum atomic E-state index is -0.805. The van der Waals surface area contributed by atoms with E-state index in [1.807, 2.05) is 11.8 Å². The Morgan fingerprint density at radius 1 is 1.38 bits per heavy atom. The Hall–Kier alpha value is -1.56. The van der Waals surface area contributed by atoms with E-state index in [1.165, 1.54) is 16.8 Å². The number of carbonyl (C=O) groups is 1. The van der Waals surface area contributed by atoms with E-state index in [9.17, 15) is 9.90 Å². The predicted octanol–water partition coefficient (Wildman–Crippen LogP) is 2.17. The number of hydrogen-bond acceptors (Lipinski definition) is 4.